The van der Waals surface area contributed by atoms with Gasteiger partial charge in [0.1, 0.15) is 12.4 Å². The van der Waals surface area contributed by atoms with Crippen LogP contribution in [0, 0.1) is 0 Å². The number of carbonyl (C=O) groups excluding carboxylic acids is 1. The molecule has 0 aliphatic carbocycles. The molecule has 0 aromatic heterocycles. The van der Waals surface area contributed by atoms with E-state index in [9.17, 15) is 4.79 Å². The molecule has 16 heavy (non-hydrogen) atoms. The molecule has 4 heteroatoms. The fourth-order valence-corrected chi connectivity index (χ4v) is 1.79. The van der Waals surface area contributed by atoms with E-state index in [1.165, 1.54) is 0 Å². The molecule has 1 aliphatic heterocycles. The average molecular weight is 230 g/mol. The van der Waals surface area contributed by atoms with Gasteiger partial charge in [0.25, 0.3) is 0 Å². The first-order valence-corrected chi connectivity index (χ1v) is 5.96. The summed E-state index contributed by atoms with van der Waals surface area (Å²) in [6.07, 6.45) is 3.10. The highest BCUT2D eigenvalue weighted by Gasteiger charge is 2.40. The van der Waals surface area contributed by atoms with E-state index in [2.05, 4.69) is 6.92 Å². The lowest BCUT2D eigenvalue weighted by molar-refractivity contribution is -0.151. The van der Waals surface area contributed by atoms with Gasteiger partial charge in [-0.1, -0.05) is 13.3 Å². The Labute approximate surface area is 97.2 Å². The molecule has 0 unspecified atom stereocenters. The van der Waals surface area contributed by atoms with Crippen molar-refractivity contribution >= 4 is 6.29 Å². The summed E-state index contributed by atoms with van der Waals surface area (Å²) < 4.78 is 16.8. The maximum Gasteiger partial charge on any atom is 0.163 e. The van der Waals surface area contributed by atoms with Crippen LogP contribution in [0.2, 0.25) is 0 Å². The molecular formula is C12H22O4. The second-order valence-corrected chi connectivity index (χ2v) is 4.54. The van der Waals surface area contributed by atoms with E-state index in [0.29, 0.717) is 13.0 Å². The molecule has 0 N–H and O–H groups in total. The zero-order chi connectivity index (χ0) is 12.0. The van der Waals surface area contributed by atoms with E-state index >= 15 is 0 Å². The summed E-state index contributed by atoms with van der Waals surface area (Å²) in [4.78, 5) is 10.5. The molecule has 2 atom stereocenters. The van der Waals surface area contributed by atoms with E-state index < -0.39 is 5.79 Å². The molecule has 0 radical (unpaired) electrons. The summed E-state index contributed by atoms with van der Waals surface area (Å²) in [7, 11) is 0. The van der Waals surface area contributed by atoms with Crippen molar-refractivity contribution in [3.8, 4) is 0 Å². The Balaban J connectivity index is 2.34. The average Bonchev–Trinajstić information content (AvgIpc) is 2.49. The minimum Gasteiger partial charge on any atom is -0.379 e. The number of hydrogen-bond acceptors (Lipinski definition) is 4. The van der Waals surface area contributed by atoms with Crippen LogP contribution in [0.25, 0.3) is 0 Å². The van der Waals surface area contributed by atoms with Gasteiger partial charge in [0.05, 0.1) is 12.7 Å². The number of aldehydes is 1. The Morgan fingerprint density at radius 3 is 2.62 bits per heavy atom. The summed E-state index contributed by atoms with van der Waals surface area (Å²) in [6, 6.07) is 0. The second-order valence-electron chi connectivity index (χ2n) is 4.54. The monoisotopic (exact) mass is 230 g/mol. The van der Waals surface area contributed by atoms with Gasteiger partial charge in [0.2, 0.25) is 0 Å². The van der Waals surface area contributed by atoms with Crippen molar-refractivity contribution in [1.29, 1.82) is 0 Å². The van der Waals surface area contributed by atoms with Gasteiger partial charge in [-0.3, -0.25) is 0 Å². The molecule has 0 aromatic carbocycles. The molecule has 0 bridgehead atoms. The third kappa shape index (κ3) is 4.20. The number of ether oxygens (including phenoxy) is 3. The first-order chi connectivity index (χ1) is 7.59. The van der Waals surface area contributed by atoms with Crippen molar-refractivity contribution < 1.29 is 19.0 Å². The minimum absolute atomic E-state index is 0.128. The zero-order valence-corrected chi connectivity index (χ0v) is 10.4. The summed E-state index contributed by atoms with van der Waals surface area (Å²) in [5, 5.41) is 0. The molecule has 1 aliphatic rings. The topological polar surface area (TPSA) is 44.8 Å². The van der Waals surface area contributed by atoms with Crippen LogP contribution in [0.1, 0.15) is 40.0 Å². The minimum atomic E-state index is -0.605. The quantitative estimate of drug-likeness (QED) is 0.495. The van der Waals surface area contributed by atoms with Crippen LogP contribution in [0.4, 0.5) is 0 Å². The molecule has 0 spiro atoms. The Morgan fingerprint density at radius 1 is 1.31 bits per heavy atom. The molecule has 94 valence electrons. The summed E-state index contributed by atoms with van der Waals surface area (Å²) >= 11 is 0. The van der Waals surface area contributed by atoms with Crippen molar-refractivity contribution in [3.05, 3.63) is 0 Å². The maximum absolute atomic E-state index is 10.5. The van der Waals surface area contributed by atoms with Crippen LogP contribution in [0.3, 0.4) is 0 Å². The van der Waals surface area contributed by atoms with Gasteiger partial charge in [0, 0.05) is 13.0 Å². The SMILES string of the molecule is CCCCOC[C@@H]1OC(C)(C)O[C@@H]1CC=O. The van der Waals surface area contributed by atoms with Crippen molar-refractivity contribution in [1.82, 2.24) is 0 Å². The fourth-order valence-electron chi connectivity index (χ4n) is 1.79. The number of unbranched alkanes of at least 4 members (excludes halogenated alkanes) is 1. The molecular weight excluding hydrogens is 208 g/mol. The van der Waals surface area contributed by atoms with Gasteiger partial charge in [-0.2, -0.15) is 0 Å². The van der Waals surface area contributed by atoms with Crippen LogP contribution >= 0.6 is 0 Å². The lowest BCUT2D eigenvalue weighted by Gasteiger charge is -2.16. The van der Waals surface area contributed by atoms with Crippen LogP contribution in [-0.2, 0) is 19.0 Å². The number of hydrogen-bond donors (Lipinski definition) is 0. The second kappa shape index (κ2) is 6.33. The molecule has 4 nitrogen and oxygen atoms in total. The molecule has 1 saturated heterocycles. The predicted octanol–water partition coefficient (Wildman–Crippen LogP) is 1.91. The summed E-state index contributed by atoms with van der Waals surface area (Å²) in [5.74, 6) is -0.605. The fraction of sp³-hybridized carbons (Fsp3) is 0.917. The molecule has 0 saturated carbocycles. The van der Waals surface area contributed by atoms with Gasteiger partial charge >= 0.3 is 0 Å². The molecule has 1 fully saturated rings. The first-order valence-electron chi connectivity index (χ1n) is 5.96. The Bertz CT molecular complexity index is 215. The Kier molecular flexibility index (Phi) is 5.38. The lowest BCUT2D eigenvalue weighted by Crippen LogP contribution is -2.28. The maximum atomic E-state index is 10.5. The van der Waals surface area contributed by atoms with E-state index in [1.54, 1.807) is 0 Å². The van der Waals surface area contributed by atoms with Gasteiger partial charge in [-0.15, -0.1) is 0 Å². The normalized spacial score (nSPS) is 28.2. The summed E-state index contributed by atoms with van der Waals surface area (Å²) in [6.45, 7) is 7.08. The first kappa shape index (κ1) is 13.6. The largest absolute Gasteiger partial charge is 0.379 e. The van der Waals surface area contributed by atoms with Crippen LogP contribution < -0.4 is 0 Å². The predicted molar refractivity (Wildman–Crippen MR) is 60.2 cm³/mol. The Morgan fingerprint density at radius 2 is 2.00 bits per heavy atom. The van der Waals surface area contributed by atoms with Gasteiger partial charge < -0.3 is 19.0 Å². The van der Waals surface area contributed by atoms with Crippen molar-refractivity contribution in [3.63, 3.8) is 0 Å². The van der Waals surface area contributed by atoms with Crippen molar-refractivity contribution in [2.24, 2.45) is 0 Å². The third-order valence-corrected chi connectivity index (χ3v) is 2.54. The van der Waals surface area contributed by atoms with E-state index in [0.717, 1.165) is 25.7 Å². The van der Waals surface area contributed by atoms with Crippen LogP contribution in [0.15, 0.2) is 0 Å². The van der Waals surface area contributed by atoms with Crippen molar-refractivity contribution in [2.75, 3.05) is 13.2 Å². The molecule has 0 amide bonds. The Hall–Kier alpha value is -0.450. The molecule has 1 rings (SSSR count). The zero-order valence-electron chi connectivity index (χ0n) is 10.4. The van der Waals surface area contributed by atoms with Gasteiger partial charge in [0.15, 0.2) is 5.79 Å². The van der Waals surface area contributed by atoms with Gasteiger partial charge in [-0.25, -0.2) is 0 Å². The standard InChI is InChI=1S/C12H22O4/c1-4-5-8-14-9-11-10(6-7-13)15-12(2,3)16-11/h7,10-11H,4-6,8-9H2,1-3H3/t10-,11+/m1/s1. The summed E-state index contributed by atoms with van der Waals surface area (Å²) in [5.41, 5.74) is 0. The van der Waals surface area contributed by atoms with Crippen LogP contribution in [-0.4, -0.2) is 37.5 Å². The lowest BCUT2D eigenvalue weighted by atomic mass is 10.2. The highest BCUT2D eigenvalue weighted by atomic mass is 16.8. The van der Waals surface area contributed by atoms with Crippen LogP contribution in [0.5, 0.6) is 0 Å². The van der Waals surface area contributed by atoms with E-state index in [1.807, 2.05) is 13.8 Å². The van der Waals surface area contributed by atoms with E-state index in [4.69, 9.17) is 14.2 Å². The number of carbonyl (C=O) groups is 1. The smallest absolute Gasteiger partial charge is 0.163 e. The highest BCUT2D eigenvalue weighted by Crippen LogP contribution is 2.29. The number of rotatable bonds is 7. The third-order valence-electron chi connectivity index (χ3n) is 2.54. The molecule has 0 aromatic rings. The highest BCUT2D eigenvalue weighted by molar-refractivity contribution is 5.50. The van der Waals surface area contributed by atoms with Crippen molar-refractivity contribution in [2.45, 2.75) is 58.0 Å². The van der Waals surface area contributed by atoms with Gasteiger partial charge in [-0.05, 0) is 20.3 Å². The molecule has 1 heterocycles. The van der Waals surface area contributed by atoms with E-state index in [-0.39, 0.29) is 12.2 Å².